The number of carbonyl (C=O) groups is 1. The summed E-state index contributed by atoms with van der Waals surface area (Å²) >= 11 is 0. The number of carbonyl (C=O) groups excluding carboxylic acids is 1. The van der Waals surface area contributed by atoms with Crippen LogP contribution in [0.3, 0.4) is 0 Å². The second-order valence-corrected chi connectivity index (χ2v) is 5.03. The van der Waals surface area contributed by atoms with Crippen LogP contribution in [-0.2, 0) is 0 Å². The number of nitrogen functional groups attached to an aromatic ring is 1. The fourth-order valence-electron chi connectivity index (χ4n) is 2.40. The molecule has 110 valence electrons. The second kappa shape index (κ2) is 6.15. The number of likely N-dealkylation sites (tertiary alicyclic amines) is 1. The van der Waals surface area contributed by atoms with Gasteiger partial charge in [-0.25, -0.2) is 8.78 Å². The van der Waals surface area contributed by atoms with Crippen LogP contribution in [0.2, 0.25) is 0 Å². The number of benzene rings is 1. The lowest BCUT2D eigenvalue weighted by atomic mass is 10.1. The number of hydrogen-bond donors (Lipinski definition) is 3. The summed E-state index contributed by atoms with van der Waals surface area (Å²) in [4.78, 5) is 14.1. The Labute approximate surface area is 116 Å². The third-order valence-corrected chi connectivity index (χ3v) is 3.41. The molecule has 1 atom stereocenters. The first-order valence-electron chi connectivity index (χ1n) is 6.46. The standard InChI is InChI=1S/C13H18F2N4O/c1-19-4-2-3-9(7-19)17-13(20)8-5-10(14)12(18-16)11(15)6-8/h5-6,9,18H,2-4,7,16H2,1H3,(H,17,20). The topological polar surface area (TPSA) is 70.4 Å². The van der Waals surface area contributed by atoms with Crippen molar-refractivity contribution in [3.63, 3.8) is 0 Å². The number of anilines is 1. The third-order valence-electron chi connectivity index (χ3n) is 3.41. The zero-order chi connectivity index (χ0) is 14.7. The number of hydrazine groups is 1. The molecule has 2 rings (SSSR count). The maximum atomic E-state index is 13.5. The average molecular weight is 284 g/mol. The van der Waals surface area contributed by atoms with Crippen molar-refractivity contribution in [2.45, 2.75) is 18.9 Å². The Bertz CT molecular complexity index is 486. The van der Waals surface area contributed by atoms with Gasteiger partial charge in [0.1, 0.15) is 5.69 Å². The van der Waals surface area contributed by atoms with Crippen LogP contribution in [0.4, 0.5) is 14.5 Å². The predicted molar refractivity (Wildman–Crippen MR) is 72.2 cm³/mol. The first-order valence-corrected chi connectivity index (χ1v) is 6.46. The molecule has 0 spiro atoms. The summed E-state index contributed by atoms with van der Waals surface area (Å²) in [5, 5.41) is 2.79. The monoisotopic (exact) mass is 284 g/mol. The first kappa shape index (κ1) is 14.7. The molecule has 1 aliphatic heterocycles. The molecule has 0 saturated carbocycles. The minimum atomic E-state index is -0.890. The van der Waals surface area contributed by atoms with Crippen LogP contribution in [-0.4, -0.2) is 37.0 Å². The Morgan fingerprint density at radius 2 is 2.05 bits per heavy atom. The first-order chi connectivity index (χ1) is 9.51. The highest BCUT2D eigenvalue weighted by atomic mass is 19.1. The largest absolute Gasteiger partial charge is 0.348 e. The third kappa shape index (κ3) is 3.23. The highest BCUT2D eigenvalue weighted by Crippen LogP contribution is 2.20. The lowest BCUT2D eigenvalue weighted by Crippen LogP contribution is -2.46. The molecular weight excluding hydrogens is 266 g/mol. The quantitative estimate of drug-likeness (QED) is 0.574. The number of likely N-dealkylation sites (N-methyl/N-ethyl adjacent to an activating group) is 1. The number of nitrogens with one attached hydrogen (secondary N) is 2. The van der Waals surface area contributed by atoms with Gasteiger partial charge in [-0.15, -0.1) is 0 Å². The smallest absolute Gasteiger partial charge is 0.251 e. The van der Waals surface area contributed by atoms with Crippen molar-refractivity contribution in [1.82, 2.24) is 10.2 Å². The summed E-state index contributed by atoms with van der Waals surface area (Å²) < 4.78 is 27.1. The molecule has 1 unspecified atom stereocenters. The van der Waals surface area contributed by atoms with E-state index in [1.54, 1.807) is 0 Å². The van der Waals surface area contributed by atoms with E-state index in [1.165, 1.54) is 0 Å². The van der Waals surface area contributed by atoms with Gasteiger partial charge in [0.15, 0.2) is 11.6 Å². The minimum Gasteiger partial charge on any atom is -0.348 e. The average Bonchev–Trinajstić information content (AvgIpc) is 2.38. The number of halogens is 2. The van der Waals surface area contributed by atoms with E-state index < -0.39 is 23.2 Å². The van der Waals surface area contributed by atoms with Crippen molar-refractivity contribution in [3.8, 4) is 0 Å². The lowest BCUT2D eigenvalue weighted by molar-refractivity contribution is 0.0911. The van der Waals surface area contributed by atoms with Crippen LogP contribution in [0.15, 0.2) is 12.1 Å². The summed E-state index contributed by atoms with van der Waals surface area (Å²) in [6.07, 6.45) is 1.85. The second-order valence-electron chi connectivity index (χ2n) is 5.03. The predicted octanol–water partition coefficient (Wildman–Crippen LogP) is 1.07. The molecule has 4 N–H and O–H groups in total. The molecule has 20 heavy (non-hydrogen) atoms. The zero-order valence-corrected chi connectivity index (χ0v) is 11.2. The van der Waals surface area contributed by atoms with Crippen LogP contribution in [0.25, 0.3) is 0 Å². The number of nitrogens with two attached hydrogens (primary N) is 1. The van der Waals surface area contributed by atoms with Gasteiger partial charge < -0.3 is 15.6 Å². The Kier molecular flexibility index (Phi) is 4.51. The van der Waals surface area contributed by atoms with Crippen molar-refractivity contribution in [2.24, 2.45) is 5.84 Å². The van der Waals surface area contributed by atoms with Crippen LogP contribution in [0, 0.1) is 11.6 Å². The molecular formula is C13H18F2N4O. The molecule has 1 aliphatic rings. The molecule has 1 fully saturated rings. The minimum absolute atomic E-state index is 0.000294. The summed E-state index contributed by atoms with van der Waals surface area (Å²) in [6.45, 7) is 1.73. The maximum Gasteiger partial charge on any atom is 0.251 e. The number of hydrogen-bond acceptors (Lipinski definition) is 4. The summed E-state index contributed by atoms with van der Waals surface area (Å²) in [6, 6.07) is 1.94. The Morgan fingerprint density at radius 1 is 1.40 bits per heavy atom. The number of nitrogens with zero attached hydrogens (tertiary/aromatic N) is 1. The van der Waals surface area contributed by atoms with E-state index in [0.717, 1.165) is 38.1 Å². The molecule has 0 radical (unpaired) electrons. The van der Waals surface area contributed by atoms with Crippen LogP contribution in [0.1, 0.15) is 23.2 Å². The maximum absolute atomic E-state index is 13.5. The van der Waals surface area contributed by atoms with Gasteiger partial charge in [-0.2, -0.15) is 0 Å². The van der Waals surface area contributed by atoms with E-state index in [1.807, 2.05) is 12.5 Å². The van der Waals surface area contributed by atoms with Gasteiger partial charge in [0, 0.05) is 18.2 Å². The van der Waals surface area contributed by atoms with Crippen molar-refractivity contribution in [1.29, 1.82) is 0 Å². The van der Waals surface area contributed by atoms with Crippen molar-refractivity contribution < 1.29 is 13.6 Å². The number of piperidine rings is 1. The van der Waals surface area contributed by atoms with E-state index in [-0.39, 0.29) is 11.6 Å². The Hall–Kier alpha value is -1.73. The summed E-state index contributed by atoms with van der Waals surface area (Å²) in [7, 11) is 1.97. The van der Waals surface area contributed by atoms with E-state index in [4.69, 9.17) is 5.84 Å². The highest BCUT2D eigenvalue weighted by Gasteiger charge is 2.21. The van der Waals surface area contributed by atoms with Crippen molar-refractivity contribution in [3.05, 3.63) is 29.3 Å². The van der Waals surface area contributed by atoms with Crippen molar-refractivity contribution >= 4 is 11.6 Å². The van der Waals surface area contributed by atoms with Gasteiger partial charge in [0.05, 0.1) is 0 Å². The Morgan fingerprint density at radius 3 is 2.60 bits per heavy atom. The molecule has 1 heterocycles. The zero-order valence-electron chi connectivity index (χ0n) is 11.2. The van der Waals surface area contributed by atoms with E-state index in [0.29, 0.717) is 0 Å². The fourth-order valence-corrected chi connectivity index (χ4v) is 2.40. The molecule has 1 amide bonds. The van der Waals surface area contributed by atoms with Gasteiger partial charge in [-0.1, -0.05) is 0 Å². The van der Waals surface area contributed by atoms with Gasteiger partial charge in [0.2, 0.25) is 0 Å². The van der Waals surface area contributed by atoms with E-state index in [9.17, 15) is 13.6 Å². The van der Waals surface area contributed by atoms with E-state index >= 15 is 0 Å². The molecule has 1 saturated heterocycles. The van der Waals surface area contributed by atoms with Crippen molar-refractivity contribution in [2.75, 3.05) is 25.6 Å². The number of rotatable bonds is 3. The van der Waals surface area contributed by atoms with Crippen LogP contribution >= 0.6 is 0 Å². The van der Waals surface area contributed by atoms with Gasteiger partial charge in [-0.3, -0.25) is 10.6 Å². The van der Waals surface area contributed by atoms with Gasteiger partial charge in [0.25, 0.3) is 5.91 Å². The summed E-state index contributed by atoms with van der Waals surface area (Å²) in [5.41, 5.74) is 1.43. The van der Waals surface area contributed by atoms with Gasteiger partial charge in [-0.05, 0) is 38.6 Å². The van der Waals surface area contributed by atoms with Gasteiger partial charge >= 0.3 is 0 Å². The normalized spacial score (nSPS) is 19.7. The molecule has 1 aromatic rings. The lowest BCUT2D eigenvalue weighted by Gasteiger charge is -2.30. The van der Waals surface area contributed by atoms with Crippen LogP contribution < -0.4 is 16.6 Å². The highest BCUT2D eigenvalue weighted by molar-refractivity contribution is 5.94. The van der Waals surface area contributed by atoms with E-state index in [2.05, 4.69) is 10.2 Å². The molecule has 5 nitrogen and oxygen atoms in total. The molecule has 0 bridgehead atoms. The number of amides is 1. The molecule has 0 aliphatic carbocycles. The van der Waals surface area contributed by atoms with Crippen LogP contribution in [0.5, 0.6) is 0 Å². The SMILES string of the molecule is CN1CCCC(NC(=O)c2cc(F)c(NN)c(F)c2)C1. The molecule has 0 aromatic heterocycles. The summed E-state index contributed by atoms with van der Waals surface area (Å²) in [5.74, 6) is 2.75. The Balaban J connectivity index is 2.09. The molecule has 7 heteroatoms. The fraction of sp³-hybridized carbons (Fsp3) is 0.462. The molecule has 1 aromatic carbocycles.